The molecule has 7 aromatic carbocycles. The molecule has 1 aliphatic rings. The van der Waals surface area contributed by atoms with Crippen LogP contribution in [0.4, 0.5) is 17.2 Å². The molecule has 1 aliphatic heterocycles. The fourth-order valence-corrected chi connectivity index (χ4v) is 6.48. The third-order valence-electron chi connectivity index (χ3n) is 8.33. The molecule has 0 aliphatic carbocycles. The molecule has 0 atom stereocenters. The predicted molar refractivity (Wildman–Crippen MR) is 171 cm³/mol. The molecular weight excluding hydrogens is 498 g/mol. The lowest BCUT2D eigenvalue weighted by Gasteiger charge is -2.34. The first kappa shape index (κ1) is 22.3. The van der Waals surface area contributed by atoms with Crippen LogP contribution in [0.2, 0.25) is 0 Å². The van der Waals surface area contributed by atoms with Gasteiger partial charge in [0.05, 0.1) is 22.4 Å². The van der Waals surface area contributed by atoms with E-state index in [1.807, 2.05) is 12.1 Å². The van der Waals surface area contributed by atoms with Gasteiger partial charge in [-0.05, 0) is 62.8 Å². The van der Waals surface area contributed by atoms with E-state index in [0.717, 1.165) is 44.9 Å². The average Bonchev–Trinajstić information content (AvgIpc) is 3.03. The van der Waals surface area contributed by atoms with Gasteiger partial charge in [0.25, 0.3) is 0 Å². The summed E-state index contributed by atoms with van der Waals surface area (Å²) >= 11 is 0. The molecule has 190 valence electrons. The second-order valence-corrected chi connectivity index (χ2v) is 10.6. The lowest BCUT2D eigenvalue weighted by atomic mass is 9.89. The monoisotopic (exact) mass is 521 g/mol. The van der Waals surface area contributed by atoms with Crippen LogP contribution in [0.25, 0.3) is 65.7 Å². The molecular formula is C38H23N3. The number of fused-ring (bicyclic) bond motifs is 5. The normalized spacial score (nSPS) is 12.3. The Morgan fingerprint density at radius 1 is 0.415 bits per heavy atom. The smallest absolute Gasteiger partial charge is 0.165 e. The van der Waals surface area contributed by atoms with Crippen LogP contribution in [0.15, 0.2) is 140 Å². The lowest BCUT2D eigenvalue weighted by Crippen LogP contribution is -2.18. The van der Waals surface area contributed by atoms with Crippen LogP contribution in [0.5, 0.6) is 0 Å². The van der Waals surface area contributed by atoms with Crippen molar-refractivity contribution in [1.82, 2.24) is 9.97 Å². The number of nitrogens with zero attached hydrogens (tertiary/aromatic N) is 3. The van der Waals surface area contributed by atoms with Crippen molar-refractivity contribution in [2.24, 2.45) is 0 Å². The van der Waals surface area contributed by atoms with E-state index in [0.29, 0.717) is 0 Å². The molecule has 3 heteroatoms. The number of hydrogen-bond acceptors (Lipinski definition) is 3. The third kappa shape index (κ3) is 3.26. The Hall–Kier alpha value is -5.54. The number of para-hydroxylation sites is 2. The zero-order valence-corrected chi connectivity index (χ0v) is 22.1. The highest BCUT2D eigenvalue weighted by Gasteiger charge is 2.30. The number of hydrogen-bond donors (Lipinski definition) is 0. The summed E-state index contributed by atoms with van der Waals surface area (Å²) in [6.07, 6.45) is 0. The van der Waals surface area contributed by atoms with Gasteiger partial charge in [0.1, 0.15) is 5.69 Å². The molecule has 0 amide bonds. The Morgan fingerprint density at radius 2 is 1.02 bits per heavy atom. The molecule has 0 bridgehead atoms. The zero-order valence-electron chi connectivity index (χ0n) is 22.1. The number of benzene rings is 7. The topological polar surface area (TPSA) is 29.0 Å². The molecule has 0 radical (unpaired) electrons. The van der Waals surface area contributed by atoms with Gasteiger partial charge in [-0.15, -0.1) is 0 Å². The molecule has 0 saturated carbocycles. The summed E-state index contributed by atoms with van der Waals surface area (Å²) in [6.45, 7) is 0. The van der Waals surface area contributed by atoms with Crippen LogP contribution >= 0.6 is 0 Å². The summed E-state index contributed by atoms with van der Waals surface area (Å²) in [4.78, 5) is 13.0. The van der Waals surface area contributed by atoms with Crippen LogP contribution in [0.3, 0.4) is 0 Å². The number of rotatable bonds is 2. The van der Waals surface area contributed by atoms with Gasteiger partial charge in [0.2, 0.25) is 0 Å². The highest BCUT2D eigenvalue weighted by atomic mass is 15.2. The second kappa shape index (κ2) is 8.48. The molecule has 0 spiro atoms. The van der Waals surface area contributed by atoms with E-state index in [1.54, 1.807) is 0 Å². The fraction of sp³-hybridized carbons (Fsp3) is 0. The van der Waals surface area contributed by atoms with Gasteiger partial charge in [0, 0.05) is 16.5 Å². The van der Waals surface area contributed by atoms with Crippen molar-refractivity contribution in [1.29, 1.82) is 0 Å². The van der Waals surface area contributed by atoms with Crippen molar-refractivity contribution < 1.29 is 0 Å². The standard InChI is InChI=1S/C38H23N3/c1-2-12-27-23-35-31(22-26(27)11-1)29-17-8-14-25-15-9-21-34(36(25)29)41(35)38-37(39-32-19-5-6-20-33(32)40-38)30-18-7-13-24-10-3-4-16-28(24)30/h1-23H. The van der Waals surface area contributed by atoms with E-state index in [9.17, 15) is 0 Å². The van der Waals surface area contributed by atoms with Crippen LogP contribution in [-0.4, -0.2) is 9.97 Å². The first-order valence-corrected chi connectivity index (χ1v) is 13.9. The van der Waals surface area contributed by atoms with E-state index in [1.165, 1.54) is 38.1 Å². The van der Waals surface area contributed by atoms with Crippen molar-refractivity contribution >= 4 is 60.5 Å². The molecule has 0 fully saturated rings. The average molecular weight is 522 g/mol. The molecule has 0 N–H and O–H groups in total. The van der Waals surface area contributed by atoms with Crippen molar-refractivity contribution in [3.05, 3.63) is 140 Å². The van der Waals surface area contributed by atoms with Crippen molar-refractivity contribution in [3.63, 3.8) is 0 Å². The molecule has 1 aromatic heterocycles. The van der Waals surface area contributed by atoms with Gasteiger partial charge in [-0.3, -0.25) is 4.90 Å². The van der Waals surface area contributed by atoms with E-state index in [2.05, 4.69) is 132 Å². The van der Waals surface area contributed by atoms with Crippen LogP contribution in [-0.2, 0) is 0 Å². The molecule has 2 heterocycles. The van der Waals surface area contributed by atoms with E-state index in [4.69, 9.17) is 9.97 Å². The Bertz CT molecular complexity index is 2330. The summed E-state index contributed by atoms with van der Waals surface area (Å²) in [5.41, 5.74) is 8.38. The molecule has 0 unspecified atom stereocenters. The molecule has 3 nitrogen and oxygen atoms in total. The first-order chi connectivity index (χ1) is 20.3. The SMILES string of the molecule is c1ccc2cc3c(cc2c1)-c1cccc2cccc(c12)N3c1nc2ccccc2nc1-c1cccc2ccccc12. The van der Waals surface area contributed by atoms with Gasteiger partial charge in [0.15, 0.2) is 5.82 Å². The minimum atomic E-state index is 0.832. The number of anilines is 3. The van der Waals surface area contributed by atoms with Gasteiger partial charge in [-0.25, -0.2) is 9.97 Å². The second-order valence-electron chi connectivity index (χ2n) is 10.6. The molecule has 41 heavy (non-hydrogen) atoms. The van der Waals surface area contributed by atoms with Crippen LogP contribution in [0, 0.1) is 0 Å². The largest absolute Gasteiger partial charge is 0.292 e. The highest BCUT2D eigenvalue weighted by molar-refractivity contribution is 6.16. The summed E-state index contributed by atoms with van der Waals surface area (Å²) in [6, 6.07) is 49.5. The Labute approximate surface area is 237 Å². The Balaban J connectivity index is 1.45. The quantitative estimate of drug-likeness (QED) is 0.227. The molecule has 8 aromatic rings. The highest BCUT2D eigenvalue weighted by Crippen LogP contribution is 2.53. The zero-order chi connectivity index (χ0) is 26.9. The maximum Gasteiger partial charge on any atom is 0.165 e. The summed E-state index contributed by atoms with van der Waals surface area (Å²) in [5.74, 6) is 0.832. The summed E-state index contributed by atoms with van der Waals surface area (Å²) in [7, 11) is 0. The third-order valence-corrected chi connectivity index (χ3v) is 8.33. The molecule has 0 saturated heterocycles. The van der Waals surface area contributed by atoms with Crippen molar-refractivity contribution in [2.45, 2.75) is 0 Å². The minimum absolute atomic E-state index is 0.832. The lowest BCUT2D eigenvalue weighted by molar-refractivity contribution is 1.18. The van der Waals surface area contributed by atoms with Gasteiger partial charge in [-0.2, -0.15) is 0 Å². The summed E-state index contributed by atoms with van der Waals surface area (Å²) < 4.78 is 0. The summed E-state index contributed by atoms with van der Waals surface area (Å²) in [5, 5.41) is 7.21. The van der Waals surface area contributed by atoms with E-state index >= 15 is 0 Å². The van der Waals surface area contributed by atoms with Gasteiger partial charge < -0.3 is 0 Å². The maximum absolute atomic E-state index is 5.38. The first-order valence-electron chi connectivity index (χ1n) is 13.9. The van der Waals surface area contributed by atoms with Crippen molar-refractivity contribution in [3.8, 4) is 22.4 Å². The van der Waals surface area contributed by atoms with Crippen LogP contribution < -0.4 is 4.90 Å². The van der Waals surface area contributed by atoms with Gasteiger partial charge in [-0.1, -0.05) is 109 Å². The molecule has 9 rings (SSSR count). The van der Waals surface area contributed by atoms with E-state index < -0.39 is 0 Å². The van der Waals surface area contributed by atoms with Gasteiger partial charge >= 0.3 is 0 Å². The Kier molecular flexibility index (Phi) is 4.61. The Morgan fingerprint density at radius 3 is 1.85 bits per heavy atom. The van der Waals surface area contributed by atoms with E-state index in [-0.39, 0.29) is 0 Å². The van der Waals surface area contributed by atoms with Crippen LogP contribution in [0.1, 0.15) is 0 Å². The predicted octanol–water partition coefficient (Wildman–Crippen LogP) is 10.2. The maximum atomic E-state index is 5.38. The van der Waals surface area contributed by atoms with Crippen molar-refractivity contribution in [2.75, 3.05) is 4.90 Å². The number of aromatic nitrogens is 2. The fourth-order valence-electron chi connectivity index (χ4n) is 6.48. The minimum Gasteiger partial charge on any atom is -0.292 e.